The summed E-state index contributed by atoms with van der Waals surface area (Å²) in [5.41, 5.74) is -11.3. The Morgan fingerprint density at radius 3 is 1.50 bits per heavy atom. The van der Waals surface area contributed by atoms with E-state index in [0.29, 0.717) is 0 Å². The van der Waals surface area contributed by atoms with Crippen LogP contribution in [0.3, 0.4) is 0 Å². The van der Waals surface area contributed by atoms with Gasteiger partial charge in [0.2, 0.25) is 5.67 Å². The topological polar surface area (TPSA) is 20.2 Å². The molecule has 0 aromatic heterocycles. The normalized spacial score (nSPS) is 42.0. The Morgan fingerprint density at radius 2 is 1.18 bits per heavy atom. The molecule has 22 heavy (non-hydrogen) atoms. The first-order valence-corrected chi connectivity index (χ1v) is 6.47. The van der Waals surface area contributed by atoms with Gasteiger partial charge < -0.3 is 5.11 Å². The van der Waals surface area contributed by atoms with E-state index < -0.39 is 59.6 Å². The number of fused-ring (bicyclic) bond motifs is 2. The number of hydrogen-bond donors (Lipinski definition) is 1. The van der Waals surface area contributed by atoms with Crippen molar-refractivity contribution in [3.05, 3.63) is 0 Å². The molecule has 2 rings (SSSR count). The zero-order valence-corrected chi connectivity index (χ0v) is 11.4. The molecular formula is C12H13F9O. The highest BCUT2D eigenvalue weighted by Gasteiger charge is 2.92. The van der Waals surface area contributed by atoms with Crippen LogP contribution in [0.2, 0.25) is 0 Å². The molecule has 2 aliphatic rings. The second-order valence-corrected chi connectivity index (χ2v) is 6.21. The predicted octanol–water partition coefficient (Wildman–Crippen LogP) is 4.11. The van der Waals surface area contributed by atoms with E-state index in [9.17, 15) is 44.6 Å². The van der Waals surface area contributed by atoms with Gasteiger partial charge in [-0.15, -0.1) is 0 Å². The minimum Gasteiger partial charge on any atom is -0.371 e. The van der Waals surface area contributed by atoms with Crippen molar-refractivity contribution >= 4 is 0 Å². The second-order valence-electron chi connectivity index (χ2n) is 6.21. The summed E-state index contributed by atoms with van der Waals surface area (Å²) in [4.78, 5) is 0. The minimum absolute atomic E-state index is 0.833. The third-order valence-electron chi connectivity index (χ3n) is 5.42. The van der Waals surface area contributed by atoms with Crippen molar-refractivity contribution in [3.8, 4) is 0 Å². The Kier molecular flexibility index (Phi) is 3.41. The molecular weight excluding hydrogens is 331 g/mol. The van der Waals surface area contributed by atoms with Gasteiger partial charge in [0, 0.05) is 11.8 Å². The summed E-state index contributed by atoms with van der Waals surface area (Å²) < 4.78 is 120. The van der Waals surface area contributed by atoms with Crippen molar-refractivity contribution in [2.75, 3.05) is 0 Å². The van der Waals surface area contributed by atoms with Gasteiger partial charge in [-0.1, -0.05) is 13.8 Å². The van der Waals surface area contributed by atoms with E-state index in [1.165, 1.54) is 6.92 Å². The van der Waals surface area contributed by atoms with Crippen LogP contribution in [0.4, 0.5) is 39.5 Å². The molecule has 0 radical (unpaired) electrons. The van der Waals surface area contributed by atoms with E-state index in [1.807, 2.05) is 0 Å². The van der Waals surface area contributed by atoms with E-state index >= 15 is 0 Å². The molecule has 1 nitrogen and oxygen atoms in total. The third-order valence-corrected chi connectivity index (χ3v) is 5.42. The molecule has 0 amide bonds. The summed E-state index contributed by atoms with van der Waals surface area (Å²) >= 11 is 0. The van der Waals surface area contributed by atoms with Crippen LogP contribution in [0.5, 0.6) is 0 Å². The van der Waals surface area contributed by atoms with Crippen LogP contribution in [0.25, 0.3) is 0 Å². The summed E-state index contributed by atoms with van der Waals surface area (Å²) in [6, 6.07) is 0. The molecule has 0 aliphatic heterocycles. The highest BCUT2D eigenvalue weighted by atomic mass is 19.4. The minimum atomic E-state index is -6.63. The predicted molar refractivity (Wildman–Crippen MR) is 55.8 cm³/mol. The van der Waals surface area contributed by atoms with Crippen molar-refractivity contribution in [1.82, 2.24) is 0 Å². The molecule has 1 N–H and O–H groups in total. The average Bonchev–Trinajstić information content (AvgIpc) is 2.71. The van der Waals surface area contributed by atoms with Crippen LogP contribution in [0, 0.1) is 23.7 Å². The summed E-state index contributed by atoms with van der Waals surface area (Å²) in [6.45, 7) is 2.34. The van der Waals surface area contributed by atoms with Crippen molar-refractivity contribution in [1.29, 1.82) is 0 Å². The fourth-order valence-corrected chi connectivity index (χ4v) is 4.04. The van der Waals surface area contributed by atoms with Crippen LogP contribution in [-0.2, 0) is 0 Å². The SMILES string of the molecule is CC1C(C)C2CC1C(F)(F)C2(F)C(O)(C(F)(F)F)C(F)(F)F. The van der Waals surface area contributed by atoms with Crippen LogP contribution in [-0.4, -0.2) is 34.7 Å². The van der Waals surface area contributed by atoms with Gasteiger partial charge in [0.25, 0.3) is 11.5 Å². The van der Waals surface area contributed by atoms with Gasteiger partial charge in [0.1, 0.15) is 0 Å². The van der Waals surface area contributed by atoms with Gasteiger partial charge in [-0.25, -0.2) is 13.2 Å². The summed E-state index contributed by atoms with van der Waals surface area (Å²) in [5, 5.41) is 9.20. The van der Waals surface area contributed by atoms with Gasteiger partial charge >= 0.3 is 12.4 Å². The molecule has 2 bridgehead atoms. The number of hydrogen-bond acceptors (Lipinski definition) is 1. The molecule has 0 aromatic rings. The van der Waals surface area contributed by atoms with Crippen LogP contribution < -0.4 is 0 Å². The van der Waals surface area contributed by atoms with Crippen molar-refractivity contribution in [3.63, 3.8) is 0 Å². The van der Waals surface area contributed by atoms with Gasteiger partial charge in [0.15, 0.2) is 0 Å². The Morgan fingerprint density at radius 1 is 0.818 bits per heavy atom. The quantitative estimate of drug-likeness (QED) is 0.710. The van der Waals surface area contributed by atoms with Gasteiger partial charge in [0.05, 0.1) is 0 Å². The molecule has 0 aromatic carbocycles. The van der Waals surface area contributed by atoms with E-state index in [-0.39, 0.29) is 0 Å². The Hall–Kier alpha value is -0.670. The smallest absolute Gasteiger partial charge is 0.371 e. The Bertz CT molecular complexity index is 454. The monoisotopic (exact) mass is 344 g/mol. The van der Waals surface area contributed by atoms with E-state index in [2.05, 4.69) is 0 Å². The zero-order valence-electron chi connectivity index (χ0n) is 11.4. The van der Waals surface area contributed by atoms with Crippen molar-refractivity contribution in [2.24, 2.45) is 23.7 Å². The zero-order chi connectivity index (χ0) is 17.5. The molecule has 10 heteroatoms. The first kappa shape index (κ1) is 17.7. The van der Waals surface area contributed by atoms with Gasteiger partial charge in [-0.05, 0) is 18.3 Å². The van der Waals surface area contributed by atoms with E-state index in [0.717, 1.165) is 6.92 Å². The molecule has 2 saturated carbocycles. The Balaban J connectivity index is 2.72. The van der Waals surface area contributed by atoms with E-state index in [4.69, 9.17) is 0 Å². The first-order chi connectivity index (χ1) is 9.55. The maximum Gasteiger partial charge on any atom is 0.429 e. The van der Waals surface area contributed by atoms with Crippen LogP contribution in [0.1, 0.15) is 20.3 Å². The van der Waals surface area contributed by atoms with Crippen LogP contribution >= 0.6 is 0 Å². The average molecular weight is 344 g/mol. The van der Waals surface area contributed by atoms with Gasteiger partial charge in [-0.2, -0.15) is 26.3 Å². The lowest BCUT2D eigenvalue weighted by molar-refractivity contribution is -0.434. The van der Waals surface area contributed by atoms with Crippen molar-refractivity contribution in [2.45, 2.75) is 49.8 Å². The van der Waals surface area contributed by atoms with Crippen molar-refractivity contribution < 1.29 is 44.6 Å². The largest absolute Gasteiger partial charge is 0.429 e. The molecule has 2 aliphatic carbocycles. The molecule has 0 spiro atoms. The summed E-state index contributed by atoms with van der Waals surface area (Å²) in [6.07, 6.45) is -14.1. The number of rotatable bonds is 1. The highest BCUT2D eigenvalue weighted by Crippen LogP contribution is 2.72. The lowest BCUT2D eigenvalue weighted by atomic mass is 9.64. The number of alkyl halides is 9. The Labute approximate surface area is 119 Å². The molecule has 5 atom stereocenters. The highest BCUT2D eigenvalue weighted by molar-refractivity contribution is 5.27. The summed E-state index contributed by atoms with van der Waals surface area (Å²) in [7, 11) is 0. The molecule has 2 fully saturated rings. The molecule has 5 unspecified atom stereocenters. The lowest BCUT2D eigenvalue weighted by Crippen LogP contribution is -2.77. The lowest BCUT2D eigenvalue weighted by Gasteiger charge is -2.51. The van der Waals surface area contributed by atoms with Crippen LogP contribution in [0.15, 0.2) is 0 Å². The van der Waals surface area contributed by atoms with Gasteiger partial charge in [-0.3, -0.25) is 0 Å². The molecule has 0 heterocycles. The first-order valence-electron chi connectivity index (χ1n) is 6.47. The standard InChI is InChI=1S/C12H13F9O/c1-4-5(2)7-3-6(4)8(13,9(7,14)15)10(22,11(16,17)18)12(19,20)21/h4-7,22H,3H2,1-2H3. The second kappa shape index (κ2) is 4.24. The third kappa shape index (κ3) is 1.62. The number of aliphatic hydroxyl groups is 1. The molecule has 130 valence electrons. The fourth-order valence-electron chi connectivity index (χ4n) is 4.04. The molecule has 0 saturated heterocycles. The number of halogens is 9. The maximum atomic E-state index is 14.8. The maximum absolute atomic E-state index is 14.8. The fraction of sp³-hybridized carbons (Fsp3) is 1.00. The summed E-state index contributed by atoms with van der Waals surface area (Å²) in [5.74, 6) is -11.3. The van der Waals surface area contributed by atoms with E-state index in [1.54, 1.807) is 0 Å².